The molecule has 0 aromatic heterocycles. The minimum atomic E-state index is -0.932. The fourth-order valence-electron chi connectivity index (χ4n) is 1.23. The molecule has 0 bridgehead atoms. The Morgan fingerprint density at radius 1 is 1.06 bits per heavy atom. The quantitative estimate of drug-likeness (QED) is 0.482. The number of benzene rings is 1. The second-order valence-electron chi connectivity index (χ2n) is 3.01. The summed E-state index contributed by atoms with van der Waals surface area (Å²) in [7, 11) is 4.07. The van der Waals surface area contributed by atoms with Crippen LogP contribution in [0.4, 0.5) is 0 Å². The smallest absolute Gasteiger partial charge is 0.379 e. The van der Waals surface area contributed by atoms with E-state index >= 15 is 0 Å². The van der Waals surface area contributed by atoms with Crippen LogP contribution < -0.4 is 9.47 Å². The Labute approximate surface area is 107 Å². The first-order valence-corrected chi connectivity index (χ1v) is 5.38. The van der Waals surface area contributed by atoms with Gasteiger partial charge in [0.05, 0.1) is 21.3 Å². The molecule has 0 N–H and O–H groups in total. The zero-order valence-electron chi connectivity index (χ0n) is 9.57. The molecule has 0 saturated heterocycles. The molecule has 0 saturated carbocycles. The number of methoxy groups -OCH3 is 3. The highest BCUT2D eigenvalue weighted by Gasteiger charge is 2.22. The number of hydrogen-bond donors (Lipinski definition) is 0. The van der Waals surface area contributed by atoms with Gasteiger partial charge in [0.25, 0.3) is 5.78 Å². The summed E-state index contributed by atoms with van der Waals surface area (Å²) in [6.07, 6.45) is 0. The summed E-state index contributed by atoms with van der Waals surface area (Å²) in [5.41, 5.74) is 0.162. The predicted molar refractivity (Wildman–Crippen MR) is 63.6 cm³/mol. The molecule has 0 aliphatic rings. The largest absolute Gasteiger partial charge is 0.493 e. The summed E-state index contributed by atoms with van der Waals surface area (Å²) in [6, 6.07) is 2.97. The number of ether oxygens (including phenoxy) is 3. The van der Waals surface area contributed by atoms with Gasteiger partial charge in [-0.25, -0.2) is 4.79 Å². The van der Waals surface area contributed by atoms with E-state index in [1.54, 1.807) is 6.07 Å². The number of Topliss-reactive ketones (excluding diaryl/α,β-unsaturated/α-hetero) is 1. The molecule has 0 spiro atoms. The number of hydrogen-bond acceptors (Lipinski definition) is 5. The highest BCUT2D eigenvalue weighted by molar-refractivity contribution is 9.10. The molecule has 1 aromatic carbocycles. The van der Waals surface area contributed by atoms with Gasteiger partial charge in [0.15, 0.2) is 11.5 Å². The van der Waals surface area contributed by atoms with Crippen molar-refractivity contribution in [2.24, 2.45) is 0 Å². The maximum atomic E-state index is 11.7. The molecule has 6 heteroatoms. The van der Waals surface area contributed by atoms with E-state index in [1.807, 2.05) is 0 Å². The highest BCUT2D eigenvalue weighted by atomic mass is 79.9. The molecule has 0 aliphatic carbocycles. The van der Waals surface area contributed by atoms with Crippen molar-refractivity contribution >= 4 is 27.7 Å². The van der Waals surface area contributed by atoms with Crippen LogP contribution in [-0.4, -0.2) is 33.1 Å². The lowest BCUT2D eigenvalue weighted by molar-refractivity contribution is -0.135. The van der Waals surface area contributed by atoms with Gasteiger partial charge >= 0.3 is 5.97 Å². The van der Waals surface area contributed by atoms with E-state index in [2.05, 4.69) is 20.7 Å². The molecule has 0 fully saturated rings. The van der Waals surface area contributed by atoms with Crippen LogP contribution >= 0.6 is 15.9 Å². The number of rotatable bonds is 4. The number of halogens is 1. The maximum Gasteiger partial charge on any atom is 0.379 e. The van der Waals surface area contributed by atoms with E-state index < -0.39 is 11.8 Å². The highest BCUT2D eigenvalue weighted by Crippen LogP contribution is 2.33. The van der Waals surface area contributed by atoms with E-state index in [4.69, 9.17) is 9.47 Å². The van der Waals surface area contributed by atoms with Crippen LogP contribution in [0.15, 0.2) is 16.6 Å². The van der Waals surface area contributed by atoms with Crippen LogP contribution in [-0.2, 0) is 9.53 Å². The van der Waals surface area contributed by atoms with E-state index in [1.165, 1.54) is 20.3 Å². The summed E-state index contributed by atoms with van der Waals surface area (Å²) in [5, 5.41) is 0. The van der Waals surface area contributed by atoms with Crippen molar-refractivity contribution in [3.8, 4) is 11.5 Å². The fourth-order valence-corrected chi connectivity index (χ4v) is 1.73. The standard InChI is InChI=1S/C11H11BrO5/c1-15-8-4-6(10(13)11(14)17-3)7(12)5-9(8)16-2/h4-5H,1-3H3. The zero-order chi connectivity index (χ0) is 13.0. The lowest BCUT2D eigenvalue weighted by Gasteiger charge is -2.10. The minimum absolute atomic E-state index is 0.162. The number of ketones is 1. The van der Waals surface area contributed by atoms with Crippen molar-refractivity contribution in [2.75, 3.05) is 21.3 Å². The van der Waals surface area contributed by atoms with Crippen LogP contribution in [0.25, 0.3) is 0 Å². The zero-order valence-corrected chi connectivity index (χ0v) is 11.2. The molecule has 1 rings (SSSR count). The van der Waals surface area contributed by atoms with E-state index in [-0.39, 0.29) is 5.56 Å². The average Bonchev–Trinajstić information content (AvgIpc) is 2.36. The van der Waals surface area contributed by atoms with Crippen molar-refractivity contribution in [1.82, 2.24) is 0 Å². The van der Waals surface area contributed by atoms with Crippen molar-refractivity contribution in [3.63, 3.8) is 0 Å². The van der Waals surface area contributed by atoms with Crippen molar-refractivity contribution in [3.05, 3.63) is 22.2 Å². The van der Waals surface area contributed by atoms with Gasteiger partial charge < -0.3 is 14.2 Å². The lowest BCUT2D eigenvalue weighted by Crippen LogP contribution is -2.16. The third-order valence-electron chi connectivity index (χ3n) is 2.09. The molecule has 92 valence electrons. The first-order valence-electron chi connectivity index (χ1n) is 4.59. The first kappa shape index (κ1) is 13.5. The summed E-state index contributed by atoms with van der Waals surface area (Å²) >= 11 is 3.19. The van der Waals surface area contributed by atoms with Crippen LogP contribution in [0.1, 0.15) is 10.4 Å². The van der Waals surface area contributed by atoms with Gasteiger partial charge in [-0.15, -0.1) is 0 Å². The van der Waals surface area contributed by atoms with E-state index in [0.29, 0.717) is 16.0 Å². The van der Waals surface area contributed by atoms with Gasteiger partial charge in [-0.3, -0.25) is 4.79 Å². The van der Waals surface area contributed by atoms with Crippen LogP contribution in [0.2, 0.25) is 0 Å². The lowest BCUT2D eigenvalue weighted by atomic mass is 10.1. The van der Waals surface area contributed by atoms with Gasteiger partial charge in [-0.2, -0.15) is 0 Å². The van der Waals surface area contributed by atoms with Crippen LogP contribution in [0, 0.1) is 0 Å². The second kappa shape index (κ2) is 5.67. The fraction of sp³-hybridized carbons (Fsp3) is 0.273. The van der Waals surface area contributed by atoms with Gasteiger partial charge in [0.2, 0.25) is 0 Å². The Kier molecular flexibility index (Phi) is 4.51. The molecule has 1 aromatic rings. The number of carbonyl (C=O) groups is 2. The maximum absolute atomic E-state index is 11.7. The minimum Gasteiger partial charge on any atom is -0.493 e. The Bertz CT molecular complexity index is 455. The molecule has 0 radical (unpaired) electrons. The van der Waals surface area contributed by atoms with Gasteiger partial charge in [-0.05, 0) is 28.1 Å². The number of esters is 1. The molecular formula is C11H11BrO5. The van der Waals surface area contributed by atoms with Crippen LogP contribution in [0.5, 0.6) is 11.5 Å². The SMILES string of the molecule is COC(=O)C(=O)c1cc(OC)c(OC)cc1Br. The first-order chi connectivity index (χ1) is 8.04. The van der Waals surface area contributed by atoms with Crippen molar-refractivity contribution < 1.29 is 23.8 Å². The second-order valence-corrected chi connectivity index (χ2v) is 3.86. The van der Waals surface area contributed by atoms with Gasteiger partial charge in [0, 0.05) is 10.0 Å². The molecule has 0 amide bonds. The van der Waals surface area contributed by atoms with Crippen molar-refractivity contribution in [1.29, 1.82) is 0 Å². The third kappa shape index (κ3) is 2.76. The average molecular weight is 303 g/mol. The van der Waals surface area contributed by atoms with Crippen LogP contribution in [0.3, 0.4) is 0 Å². The summed E-state index contributed by atoms with van der Waals surface area (Å²) in [5.74, 6) is -0.859. The molecule has 0 heterocycles. The normalized spacial score (nSPS) is 9.65. The Morgan fingerprint density at radius 2 is 1.59 bits per heavy atom. The summed E-state index contributed by atoms with van der Waals surface area (Å²) in [4.78, 5) is 22.8. The predicted octanol–water partition coefficient (Wildman–Crippen LogP) is 1.82. The Morgan fingerprint density at radius 3 is 2.06 bits per heavy atom. The third-order valence-corrected chi connectivity index (χ3v) is 2.74. The number of carbonyl (C=O) groups excluding carboxylic acids is 2. The molecule has 0 aliphatic heterocycles. The summed E-state index contributed by atoms with van der Waals surface area (Å²) < 4.78 is 14.9. The molecule has 0 unspecified atom stereocenters. The van der Waals surface area contributed by atoms with Gasteiger partial charge in [-0.1, -0.05) is 0 Å². The molecule has 17 heavy (non-hydrogen) atoms. The molecular weight excluding hydrogens is 292 g/mol. The van der Waals surface area contributed by atoms with E-state index in [9.17, 15) is 9.59 Å². The Hall–Kier alpha value is -1.56. The van der Waals surface area contributed by atoms with Crippen molar-refractivity contribution in [2.45, 2.75) is 0 Å². The topological polar surface area (TPSA) is 61.8 Å². The van der Waals surface area contributed by atoms with Gasteiger partial charge in [0.1, 0.15) is 0 Å². The monoisotopic (exact) mass is 302 g/mol. The van der Waals surface area contributed by atoms with E-state index in [0.717, 1.165) is 7.11 Å². The summed E-state index contributed by atoms with van der Waals surface area (Å²) in [6.45, 7) is 0. The molecule has 5 nitrogen and oxygen atoms in total. The Balaban J connectivity index is 3.26. The molecule has 0 atom stereocenters.